The standard InChI is InChI=1S/C20H21FN4O4/c1-27-17-7-5-14(9-15(17)21)16-11-25(24-23-16)12-20(26)22-10-13-4-6-18(28-2)19(8-13)29-3/h4-9,11H,10,12H2,1-3H3,(H,22,26). The van der Waals surface area contributed by atoms with Gasteiger partial charge in [-0.15, -0.1) is 5.10 Å². The Bertz CT molecular complexity index is 1010. The molecule has 0 aliphatic heterocycles. The molecule has 1 N–H and O–H groups in total. The fraction of sp³-hybridized carbons (Fsp3) is 0.250. The van der Waals surface area contributed by atoms with Crippen LogP contribution in [0.15, 0.2) is 42.6 Å². The molecular formula is C20H21FN4O4. The van der Waals surface area contributed by atoms with Gasteiger partial charge in [0.25, 0.3) is 0 Å². The van der Waals surface area contributed by atoms with Gasteiger partial charge in [-0.3, -0.25) is 4.79 Å². The van der Waals surface area contributed by atoms with Gasteiger partial charge in [0.1, 0.15) is 12.2 Å². The zero-order valence-corrected chi connectivity index (χ0v) is 16.3. The van der Waals surface area contributed by atoms with Gasteiger partial charge in [0, 0.05) is 12.1 Å². The minimum atomic E-state index is -0.493. The van der Waals surface area contributed by atoms with E-state index in [1.54, 1.807) is 38.6 Å². The van der Waals surface area contributed by atoms with Crippen molar-refractivity contribution in [3.05, 3.63) is 54.0 Å². The van der Waals surface area contributed by atoms with Crippen LogP contribution in [0.4, 0.5) is 4.39 Å². The van der Waals surface area contributed by atoms with Gasteiger partial charge in [-0.05, 0) is 35.9 Å². The third-order valence-corrected chi connectivity index (χ3v) is 4.23. The Morgan fingerprint density at radius 3 is 2.45 bits per heavy atom. The van der Waals surface area contributed by atoms with Gasteiger partial charge < -0.3 is 19.5 Å². The fourth-order valence-corrected chi connectivity index (χ4v) is 2.73. The first-order valence-electron chi connectivity index (χ1n) is 8.75. The van der Waals surface area contributed by atoms with Crippen molar-refractivity contribution in [2.75, 3.05) is 21.3 Å². The predicted molar refractivity (Wildman–Crippen MR) is 103 cm³/mol. The van der Waals surface area contributed by atoms with Gasteiger partial charge in [0.05, 0.1) is 27.5 Å². The molecular weight excluding hydrogens is 379 g/mol. The molecule has 1 heterocycles. The van der Waals surface area contributed by atoms with Gasteiger partial charge in [-0.25, -0.2) is 9.07 Å². The van der Waals surface area contributed by atoms with Crippen molar-refractivity contribution < 1.29 is 23.4 Å². The van der Waals surface area contributed by atoms with Gasteiger partial charge in [0.2, 0.25) is 5.91 Å². The molecule has 8 nitrogen and oxygen atoms in total. The van der Waals surface area contributed by atoms with Crippen LogP contribution >= 0.6 is 0 Å². The summed E-state index contributed by atoms with van der Waals surface area (Å²) in [5, 5.41) is 10.7. The average molecular weight is 400 g/mol. The van der Waals surface area contributed by atoms with Crippen LogP contribution in [0, 0.1) is 5.82 Å². The van der Waals surface area contributed by atoms with Crippen molar-refractivity contribution in [1.82, 2.24) is 20.3 Å². The molecule has 0 fully saturated rings. The summed E-state index contributed by atoms with van der Waals surface area (Å²) in [4.78, 5) is 12.2. The lowest BCUT2D eigenvalue weighted by Gasteiger charge is -2.10. The summed E-state index contributed by atoms with van der Waals surface area (Å²) in [5.41, 5.74) is 1.86. The van der Waals surface area contributed by atoms with Gasteiger partial charge in [0.15, 0.2) is 23.1 Å². The van der Waals surface area contributed by atoms with Crippen molar-refractivity contribution in [2.24, 2.45) is 0 Å². The van der Waals surface area contributed by atoms with Crippen LogP contribution < -0.4 is 19.5 Å². The number of nitrogens with zero attached hydrogens (tertiary/aromatic N) is 3. The number of carbonyl (C=O) groups is 1. The smallest absolute Gasteiger partial charge is 0.242 e. The topological polar surface area (TPSA) is 87.5 Å². The number of methoxy groups -OCH3 is 3. The van der Waals surface area contributed by atoms with E-state index >= 15 is 0 Å². The third kappa shape index (κ3) is 4.81. The maximum Gasteiger partial charge on any atom is 0.242 e. The quantitative estimate of drug-likeness (QED) is 0.625. The second-order valence-corrected chi connectivity index (χ2v) is 6.12. The van der Waals surface area contributed by atoms with Crippen LogP contribution in [0.5, 0.6) is 17.2 Å². The van der Waals surface area contributed by atoms with Gasteiger partial charge >= 0.3 is 0 Å². The molecule has 29 heavy (non-hydrogen) atoms. The zero-order chi connectivity index (χ0) is 20.8. The molecule has 0 spiro atoms. The second kappa shape index (κ2) is 9.05. The molecule has 152 valence electrons. The highest BCUT2D eigenvalue weighted by Crippen LogP contribution is 2.27. The monoisotopic (exact) mass is 400 g/mol. The van der Waals surface area contributed by atoms with E-state index < -0.39 is 5.82 Å². The van der Waals surface area contributed by atoms with Crippen molar-refractivity contribution >= 4 is 5.91 Å². The molecule has 1 amide bonds. The molecule has 0 aliphatic carbocycles. The number of benzene rings is 2. The molecule has 9 heteroatoms. The molecule has 1 aromatic heterocycles. The molecule has 0 saturated heterocycles. The Labute approximate surface area is 167 Å². The van der Waals surface area contributed by atoms with Gasteiger partial charge in [-0.1, -0.05) is 11.3 Å². The highest BCUT2D eigenvalue weighted by Gasteiger charge is 2.11. The molecule has 2 aromatic carbocycles. The van der Waals surface area contributed by atoms with Gasteiger partial charge in [-0.2, -0.15) is 0 Å². The Balaban J connectivity index is 1.60. The van der Waals surface area contributed by atoms with E-state index in [0.29, 0.717) is 29.3 Å². The first kappa shape index (κ1) is 20.1. The van der Waals surface area contributed by atoms with E-state index in [-0.39, 0.29) is 18.2 Å². The van der Waals surface area contributed by atoms with Crippen LogP contribution in [-0.2, 0) is 17.9 Å². The summed E-state index contributed by atoms with van der Waals surface area (Å²) in [6, 6.07) is 9.91. The Hall–Kier alpha value is -3.62. The highest BCUT2D eigenvalue weighted by molar-refractivity contribution is 5.75. The SMILES string of the molecule is COc1ccc(-c2cn(CC(=O)NCc3ccc(OC)c(OC)c3)nn2)cc1F. The van der Waals surface area contributed by atoms with Crippen LogP contribution in [0.3, 0.4) is 0 Å². The summed E-state index contributed by atoms with van der Waals surface area (Å²) in [6.07, 6.45) is 1.58. The third-order valence-electron chi connectivity index (χ3n) is 4.23. The Morgan fingerprint density at radius 2 is 1.76 bits per heavy atom. The number of hydrogen-bond donors (Lipinski definition) is 1. The maximum atomic E-state index is 13.9. The number of rotatable bonds is 8. The number of ether oxygens (including phenoxy) is 3. The van der Waals surface area contributed by atoms with E-state index in [1.807, 2.05) is 6.07 Å². The molecule has 3 rings (SSSR count). The van der Waals surface area contributed by atoms with Crippen LogP contribution in [0.1, 0.15) is 5.56 Å². The number of amides is 1. The molecule has 0 unspecified atom stereocenters. The van der Waals surface area contributed by atoms with Crippen LogP contribution in [0.2, 0.25) is 0 Å². The first-order valence-corrected chi connectivity index (χ1v) is 8.75. The summed E-state index contributed by atoms with van der Waals surface area (Å²) in [6.45, 7) is 0.309. The van der Waals surface area contributed by atoms with E-state index in [2.05, 4.69) is 15.6 Å². The number of halogens is 1. The number of carbonyl (C=O) groups excluding carboxylic acids is 1. The lowest BCUT2D eigenvalue weighted by Crippen LogP contribution is -2.27. The van der Waals surface area contributed by atoms with Crippen molar-refractivity contribution in [3.63, 3.8) is 0 Å². The molecule has 0 aliphatic rings. The lowest BCUT2D eigenvalue weighted by atomic mass is 10.1. The summed E-state index contributed by atoms with van der Waals surface area (Å²) < 4.78 is 30.6. The number of nitrogens with one attached hydrogen (secondary N) is 1. The molecule has 0 atom stereocenters. The highest BCUT2D eigenvalue weighted by atomic mass is 19.1. The minimum absolute atomic E-state index is 0.0150. The van der Waals surface area contributed by atoms with Crippen molar-refractivity contribution in [2.45, 2.75) is 13.1 Å². The van der Waals surface area contributed by atoms with E-state index in [0.717, 1.165) is 5.56 Å². The van der Waals surface area contributed by atoms with E-state index in [1.165, 1.54) is 23.9 Å². The molecule has 0 saturated carbocycles. The molecule has 3 aromatic rings. The predicted octanol–water partition coefficient (Wildman–Crippen LogP) is 2.43. The summed E-state index contributed by atoms with van der Waals surface area (Å²) >= 11 is 0. The number of hydrogen-bond acceptors (Lipinski definition) is 6. The zero-order valence-electron chi connectivity index (χ0n) is 16.3. The Kier molecular flexibility index (Phi) is 6.28. The number of aromatic nitrogens is 3. The largest absolute Gasteiger partial charge is 0.494 e. The average Bonchev–Trinajstić information content (AvgIpc) is 3.20. The normalized spacial score (nSPS) is 10.5. The fourth-order valence-electron chi connectivity index (χ4n) is 2.73. The van der Waals surface area contributed by atoms with Crippen LogP contribution in [0.25, 0.3) is 11.3 Å². The lowest BCUT2D eigenvalue weighted by molar-refractivity contribution is -0.122. The maximum absolute atomic E-state index is 13.9. The summed E-state index contributed by atoms with van der Waals surface area (Å²) in [5.74, 6) is 0.625. The van der Waals surface area contributed by atoms with E-state index in [4.69, 9.17) is 14.2 Å². The minimum Gasteiger partial charge on any atom is -0.494 e. The van der Waals surface area contributed by atoms with E-state index in [9.17, 15) is 9.18 Å². The van der Waals surface area contributed by atoms with Crippen molar-refractivity contribution in [1.29, 1.82) is 0 Å². The first-order chi connectivity index (χ1) is 14.0. The molecule has 0 radical (unpaired) electrons. The summed E-state index contributed by atoms with van der Waals surface area (Å²) in [7, 11) is 4.51. The van der Waals surface area contributed by atoms with Crippen LogP contribution in [-0.4, -0.2) is 42.2 Å². The molecule has 0 bridgehead atoms. The second-order valence-electron chi connectivity index (χ2n) is 6.12. The van der Waals surface area contributed by atoms with Crippen molar-refractivity contribution in [3.8, 4) is 28.5 Å². The Morgan fingerprint density at radius 1 is 1.03 bits per heavy atom.